The van der Waals surface area contributed by atoms with Crippen molar-refractivity contribution in [1.29, 1.82) is 0 Å². The quantitative estimate of drug-likeness (QED) is 0.901. The van der Waals surface area contributed by atoms with Gasteiger partial charge < -0.3 is 14.5 Å². The van der Waals surface area contributed by atoms with Gasteiger partial charge in [0.1, 0.15) is 12.4 Å². The normalized spacial score (nSPS) is 20.9. The third kappa shape index (κ3) is 4.15. The van der Waals surface area contributed by atoms with Gasteiger partial charge in [0.25, 0.3) is 5.91 Å². The molecular weight excluding hydrogens is 290 g/mol. The fraction of sp³-hybridized carbons (Fsp3) is 0.421. The topological polar surface area (TPSA) is 51.5 Å². The van der Waals surface area contributed by atoms with Crippen LogP contribution in [-0.4, -0.2) is 11.9 Å². The maximum Gasteiger partial charge on any atom is 0.287 e. The van der Waals surface area contributed by atoms with Gasteiger partial charge in [-0.15, -0.1) is 0 Å². The first-order valence-electron chi connectivity index (χ1n) is 8.27. The Hall–Kier alpha value is -2.23. The fourth-order valence-electron chi connectivity index (χ4n) is 2.98. The number of furan rings is 1. The number of amides is 1. The van der Waals surface area contributed by atoms with Crippen LogP contribution in [0.1, 0.15) is 48.7 Å². The molecule has 3 rings (SSSR count). The zero-order valence-corrected chi connectivity index (χ0v) is 13.5. The average molecular weight is 313 g/mol. The molecule has 0 aliphatic heterocycles. The first-order chi connectivity index (χ1) is 11.2. The standard InChI is InChI=1S/C19H23NO3/c1-14-7-9-16(10-8-14)20-19(21)18-15(11-12-22-18)13-23-17-5-3-2-4-6-17/h2-6,11-12,14,16H,7-10,13H2,1H3,(H,20,21). The van der Waals surface area contributed by atoms with Gasteiger partial charge in [0.05, 0.1) is 6.26 Å². The van der Waals surface area contributed by atoms with Gasteiger partial charge >= 0.3 is 0 Å². The fourth-order valence-corrected chi connectivity index (χ4v) is 2.98. The Morgan fingerprint density at radius 3 is 2.65 bits per heavy atom. The molecule has 1 amide bonds. The largest absolute Gasteiger partial charge is 0.489 e. The Morgan fingerprint density at radius 1 is 1.17 bits per heavy atom. The van der Waals surface area contributed by atoms with Gasteiger partial charge in [-0.25, -0.2) is 0 Å². The van der Waals surface area contributed by atoms with E-state index >= 15 is 0 Å². The Labute approximate surface area is 136 Å². The Balaban J connectivity index is 1.58. The maximum absolute atomic E-state index is 12.4. The molecular formula is C19H23NO3. The molecule has 0 spiro atoms. The Morgan fingerprint density at radius 2 is 1.91 bits per heavy atom. The van der Waals surface area contributed by atoms with Crippen molar-refractivity contribution >= 4 is 5.91 Å². The van der Waals surface area contributed by atoms with Crippen LogP contribution < -0.4 is 10.1 Å². The highest BCUT2D eigenvalue weighted by Crippen LogP contribution is 2.24. The van der Waals surface area contributed by atoms with E-state index in [-0.39, 0.29) is 11.9 Å². The van der Waals surface area contributed by atoms with E-state index in [4.69, 9.17) is 9.15 Å². The summed E-state index contributed by atoms with van der Waals surface area (Å²) in [6, 6.07) is 11.6. The number of hydrogen-bond acceptors (Lipinski definition) is 3. The van der Waals surface area contributed by atoms with Crippen LogP contribution >= 0.6 is 0 Å². The highest BCUT2D eigenvalue weighted by atomic mass is 16.5. The van der Waals surface area contributed by atoms with Crippen molar-refractivity contribution in [3.05, 3.63) is 54.0 Å². The number of para-hydroxylation sites is 1. The van der Waals surface area contributed by atoms with Crippen molar-refractivity contribution in [3.8, 4) is 5.75 Å². The maximum atomic E-state index is 12.4. The lowest BCUT2D eigenvalue weighted by atomic mass is 9.87. The van der Waals surface area contributed by atoms with Crippen molar-refractivity contribution in [1.82, 2.24) is 5.32 Å². The number of ether oxygens (including phenoxy) is 1. The number of benzene rings is 1. The Kier molecular flexibility index (Phi) is 5.01. The number of hydrogen-bond donors (Lipinski definition) is 1. The van der Waals surface area contributed by atoms with Crippen molar-refractivity contribution < 1.29 is 13.9 Å². The zero-order valence-electron chi connectivity index (χ0n) is 13.5. The van der Waals surface area contributed by atoms with E-state index in [0.717, 1.165) is 30.1 Å². The lowest BCUT2D eigenvalue weighted by Crippen LogP contribution is -2.37. The molecule has 0 atom stereocenters. The van der Waals surface area contributed by atoms with Crippen LogP contribution in [0, 0.1) is 5.92 Å². The van der Waals surface area contributed by atoms with E-state index in [1.165, 1.54) is 12.8 Å². The van der Waals surface area contributed by atoms with E-state index in [2.05, 4.69) is 12.2 Å². The summed E-state index contributed by atoms with van der Waals surface area (Å²) in [4.78, 5) is 12.4. The van der Waals surface area contributed by atoms with Gasteiger partial charge in [-0.05, 0) is 49.8 Å². The monoisotopic (exact) mass is 313 g/mol. The van der Waals surface area contributed by atoms with E-state index < -0.39 is 0 Å². The molecule has 1 saturated carbocycles. The second kappa shape index (κ2) is 7.36. The van der Waals surface area contributed by atoms with Crippen LogP contribution in [0.3, 0.4) is 0 Å². The van der Waals surface area contributed by atoms with Crippen LogP contribution in [0.4, 0.5) is 0 Å². The molecule has 1 fully saturated rings. The van der Waals surface area contributed by atoms with Gasteiger partial charge in [0.2, 0.25) is 0 Å². The van der Waals surface area contributed by atoms with Gasteiger partial charge in [0.15, 0.2) is 5.76 Å². The van der Waals surface area contributed by atoms with Crippen LogP contribution in [0.5, 0.6) is 5.75 Å². The molecule has 0 bridgehead atoms. The molecule has 1 aliphatic carbocycles. The third-order valence-electron chi connectivity index (χ3n) is 4.44. The lowest BCUT2D eigenvalue weighted by Gasteiger charge is -2.26. The summed E-state index contributed by atoms with van der Waals surface area (Å²) >= 11 is 0. The van der Waals surface area contributed by atoms with Crippen molar-refractivity contribution in [2.45, 2.75) is 45.3 Å². The molecule has 4 heteroatoms. The van der Waals surface area contributed by atoms with Crippen molar-refractivity contribution in [2.24, 2.45) is 5.92 Å². The van der Waals surface area contributed by atoms with Gasteiger partial charge in [0, 0.05) is 11.6 Å². The van der Waals surface area contributed by atoms with Gasteiger partial charge in [-0.2, -0.15) is 0 Å². The summed E-state index contributed by atoms with van der Waals surface area (Å²) in [7, 11) is 0. The minimum Gasteiger partial charge on any atom is -0.489 e. The summed E-state index contributed by atoms with van der Waals surface area (Å²) in [5, 5.41) is 3.09. The molecule has 1 aromatic carbocycles. The van der Waals surface area contributed by atoms with E-state index in [9.17, 15) is 4.79 Å². The molecule has 23 heavy (non-hydrogen) atoms. The molecule has 0 saturated heterocycles. The average Bonchev–Trinajstić information content (AvgIpc) is 3.05. The lowest BCUT2D eigenvalue weighted by molar-refractivity contribution is 0.0891. The summed E-state index contributed by atoms with van der Waals surface area (Å²) in [5.74, 6) is 1.77. The predicted molar refractivity (Wildman–Crippen MR) is 88.4 cm³/mol. The highest BCUT2D eigenvalue weighted by molar-refractivity contribution is 5.93. The molecule has 0 radical (unpaired) electrons. The van der Waals surface area contributed by atoms with E-state index in [0.29, 0.717) is 12.4 Å². The first kappa shape index (κ1) is 15.7. The second-order valence-electron chi connectivity index (χ2n) is 6.31. The minimum absolute atomic E-state index is 0.138. The molecule has 4 nitrogen and oxygen atoms in total. The van der Waals surface area contributed by atoms with Crippen LogP contribution in [0.25, 0.3) is 0 Å². The van der Waals surface area contributed by atoms with E-state index in [1.54, 1.807) is 12.3 Å². The SMILES string of the molecule is CC1CCC(NC(=O)c2occc2COc2ccccc2)CC1. The number of carbonyl (C=O) groups is 1. The molecule has 1 aliphatic rings. The third-order valence-corrected chi connectivity index (χ3v) is 4.44. The number of nitrogens with one attached hydrogen (secondary N) is 1. The number of rotatable bonds is 5. The van der Waals surface area contributed by atoms with Crippen LogP contribution in [0.15, 0.2) is 47.1 Å². The summed E-state index contributed by atoms with van der Waals surface area (Å²) in [6.07, 6.45) is 5.98. The van der Waals surface area contributed by atoms with Gasteiger partial charge in [-0.3, -0.25) is 4.79 Å². The van der Waals surface area contributed by atoms with Crippen LogP contribution in [0.2, 0.25) is 0 Å². The van der Waals surface area contributed by atoms with Crippen LogP contribution in [-0.2, 0) is 6.61 Å². The Bertz CT molecular complexity index is 627. The molecule has 2 aromatic rings. The molecule has 1 heterocycles. The molecule has 122 valence electrons. The zero-order chi connectivity index (χ0) is 16.1. The predicted octanol–water partition coefficient (Wildman–Crippen LogP) is 4.17. The van der Waals surface area contributed by atoms with E-state index in [1.807, 2.05) is 30.3 Å². The minimum atomic E-state index is -0.138. The van der Waals surface area contributed by atoms with Crippen molar-refractivity contribution in [2.75, 3.05) is 0 Å². The molecule has 1 N–H and O–H groups in total. The smallest absolute Gasteiger partial charge is 0.287 e. The first-order valence-corrected chi connectivity index (χ1v) is 8.27. The number of carbonyl (C=O) groups excluding carboxylic acids is 1. The summed E-state index contributed by atoms with van der Waals surface area (Å²) < 4.78 is 11.1. The highest BCUT2D eigenvalue weighted by Gasteiger charge is 2.23. The second-order valence-corrected chi connectivity index (χ2v) is 6.31. The molecule has 0 unspecified atom stereocenters. The summed E-state index contributed by atoms with van der Waals surface area (Å²) in [6.45, 7) is 2.59. The molecule has 1 aromatic heterocycles. The van der Waals surface area contributed by atoms with Gasteiger partial charge in [-0.1, -0.05) is 25.1 Å². The van der Waals surface area contributed by atoms with Crippen molar-refractivity contribution in [3.63, 3.8) is 0 Å². The summed E-state index contributed by atoms with van der Waals surface area (Å²) in [5.41, 5.74) is 0.774.